The van der Waals surface area contributed by atoms with Crippen LogP contribution in [-0.2, 0) is 18.3 Å². The number of pyridine rings is 1. The number of aliphatic hydroxyl groups excluding tert-OH is 1. The van der Waals surface area contributed by atoms with Crippen molar-refractivity contribution in [3.8, 4) is 0 Å². The van der Waals surface area contributed by atoms with Crippen LogP contribution in [0.1, 0.15) is 37.7 Å². The summed E-state index contributed by atoms with van der Waals surface area (Å²) < 4.78 is 43.4. The largest absolute Gasteiger partial charge is 0.408 e. The number of likely N-dealkylation sites (N-methyl/N-ethyl adjacent to an activating group) is 1. The monoisotopic (exact) mass is 523 g/mol. The van der Waals surface area contributed by atoms with E-state index in [0.717, 1.165) is 11.3 Å². The van der Waals surface area contributed by atoms with Gasteiger partial charge in [0.15, 0.2) is 0 Å². The molecule has 4 atom stereocenters. The number of hydrogen-bond donors (Lipinski definition) is 3. The van der Waals surface area contributed by atoms with E-state index in [9.17, 15) is 27.9 Å². The van der Waals surface area contributed by atoms with E-state index < -0.39 is 48.3 Å². The van der Waals surface area contributed by atoms with Gasteiger partial charge in [-0.05, 0) is 42.9 Å². The number of alkyl halides is 3. The molecule has 13 heteroatoms. The molecule has 2 aromatic heterocycles. The molecule has 2 aliphatic rings. The summed E-state index contributed by atoms with van der Waals surface area (Å²) in [5.74, 6) is -1.41. The maximum Gasteiger partial charge on any atom is 0.408 e. The lowest BCUT2D eigenvalue weighted by Crippen LogP contribution is -2.73. The Bertz CT molecular complexity index is 1120. The Morgan fingerprint density at radius 1 is 1.24 bits per heavy atom. The minimum absolute atomic E-state index is 0.165. The number of aryl methyl sites for hydroxylation is 1. The standard InChI is InChI=1S/C24H32F3N7O3/c1-32(18-9-11-30-33(18)2)22(36)19-16(12-14-8-10-29-17(28)13-14)21(35)34(19)23(37)31-20(24(25,26)27)15-6-4-3-5-7-15/h8-11,13,15-16,19-21,35H,3-7,12H2,1-2H3,(H2,28,29)(H,31,37)/t16-,19+,20+,21?/m1/s1. The first-order valence-electron chi connectivity index (χ1n) is 12.3. The summed E-state index contributed by atoms with van der Waals surface area (Å²) in [5.41, 5.74) is 6.43. The number of aliphatic hydroxyl groups is 1. The van der Waals surface area contributed by atoms with Crippen LogP contribution in [-0.4, -0.2) is 68.2 Å². The van der Waals surface area contributed by atoms with Crippen molar-refractivity contribution in [2.24, 2.45) is 18.9 Å². The van der Waals surface area contributed by atoms with Crippen LogP contribution in [0.2, 0.25) is 0 Å². The highest BCUT2D eigenvalue weighted by molar-refractivity contribution is 5.99. The van der Waals surface area contributed by atoms with E-state index in [2.05, 4.69) is 15.4 Å². The molecule has 0 bridgehead atoms. The predicted octanol–water partition coefficient (Wildman–Crippen LogP) is 2.44. The van der Waals surface area contributed by atoms with Crippen LogP contribution in [0.4, 0.5) is 29.6 Å². The van der Waals surface area contributed by atoms with Gasteiger partial charge in [0.25, 0.3) is 5.91 Å². The molecule has 0 aromatic carbocycles. The van der Waals surface area contributed by atoms with E-state index in [1.54, 1.807) is 25.2 Å². The summed E-state index contributed by atoms with van der Waals surface area (Å²) in [5, 5.41) is 17.1. The van der Waals surface area contributed by atoms with Crippen LogP contribution in [0.5, 0.6) is 0 Å². The van der Waals surface area contributed by atoms with Gasteiger partial charge in [-0.2, -0.15) is 18.3 Å². The summed E-state index contributed by atoms with van der Waals surface area (Å²) >= 11 is 0. The number of nitrogen functional groups attached to an aromatic ring is 1. The minimum Gasteiger partial charge on any atom is -0.384 e. The molecule has 1 saturated carbocycles. The number of aromatic nitrogens is 3. The summed E-state index contributed by atoms with van der Waals surface area (Å²) in [7, 11) is 3.12. The Kier molecular flexibility index (Phi) is 7.62. The molecular weight excluding hydrogens is 491 g/mol. The number of halogens is 3. The van der Waals surface area contributed by atoms with E-state index in [1.807, 2.05) is 0 Å². The molecule has 3 heterocycles. The van der Waals surface area contributed by atoms with Crippen LogP contribution in [0.3, 0.4) is 0 Å². The fourth-order valence-electron chi connectivity index (χ4n) is 5.45. The van der Waals surface area contributed by atoms with Crippen molar-refractivity contribution < 1.29 is 27.9 Å². The van der Waals surface area contributed by atoms with Crippen molar-refractivity contribution in [3.63, 3.8) is 0 Å². The van der Waals surface area contributed by atoms with Crippen molar-refractivity contribution in [2.75, 3.05) is 17.7 Å². The topological polar surface area (TPSA) is 130 Å². The van der Waals surface area contributed by atoms with Gasteiger partial charge in [-0.3, -0.25) is 19.3 Å². The molecule has 0 radical (unpaired) electrons. The number of carbonyl (C=O) groups excluding carboxylic acids is 2. The van der Waals surface area contributed by atoms with E-state index >= 15 is 0 Å². The SMILES string of the molecule is CN(C(=O)[C@@H]1[C@@H](Cc2ccnc(N)c2)C(O)N1C(=O)N[C@@H](C1CCCCC1)C(F)(F)F)c1ccnn1C. The van der Waals surface area contributed by atoms with Gasteiger partial charge in [-0.1, -0.05) is 19.3 Å². The van der Waals surface area contributed by atoms with Crippen molar-refractivity contribution in [1.29, 1.82) is 0 Å². The lowest BCUT2D eigenvalue weighted by atomic mass is 9.80. The van der Waals surface area contributed by atoms with Crippen LogP contribution in [0, 0.1) is 11.8 Å². The second-order valence-electron chi connectivity index (χ2n) is 9.80. The molecular formula is C24H32F3N7O3. The molecule has 1 aliphatic heterocycles. The van der Waals surface area contributed by atoms with Gasteiger partial charge in [0.05, 0.1) is 6.20 Å². The molecule has 202 valence electrons. The number of nitrogens with zero attached hydrogens (tertiary/aromatic N) is 5. The zero-order valence-electron chi connectivity index (χ0n) is 20.7. The molecule has 2 fully saturated rings. The first kappa shape index (κ1) is 26.7. The van der Waals surface area contributed by atoms with Crippen LogP contribution in [0.25, 0.3) is 0 Å². The normalized spacial score (nSPS) is 23.3. The number of anilines is 2. The summed E-state index contributed by atoms with van der Waals surface area (Å²) in [6, 6.07) is 0.467. The molecule has 4 N–H and O–H groups in total. The zero-order valence-corrected chi connectivity index (χ0v) is 20.7. The Hall–Kier alpha value is -3.35. The lowest BCUT2D eigenvalue weighted by Gasteiger charge is -2.52. The predicted molar refractivity (Wildman–Crippen MR) is 129 cm³/mol. The third-order valence-electron chi connectivity index (χ3n) is 7.40. The maximum absolute atomic E-state index is 14.0. The number of amides is 3. The Morgan fingerprint density at radius 3 is 2.54 bits per heavy atom. The van der Waals surface area contributed by atoms with Gasteiger partial charge in [0.1, 0.15) is 29.9 Å². The van der Waals surface area contributed by atoms with Crippen molar-refractivity contribution in [1.82, 2.24) is 25.0 Å². The lowest BCUT2D eigenvalue weighted by molar-refractivity contribution is -0.177. The summed E-state index contributed by atoms with van der Waals surface area (Å²) in [6.07, 6.45) is -0.104. The van der Waals surface area contributed by atoms with Crippen LogP contribution in [0.15, 0.2) is 30.6 Å². The minimum atomic E-state index is -4.66. The average Bonchev–Trinajstić information content (AvgIpc) is 3.28. The first-order valence-corrected chi connectivity index (χ1v) is 12.3. The van der Waals surface area contributed by atoms with Crippen molar-refractivity contribution in [2.45, 2.75) is 63.0 Å². The van der Waals surface area contributed by atoms with E-state index in [0.29, 0.717) is 37.1 Å². The number of rotatable bonds is 6. The number of hydrogen-bond acceptors (Lipinski definition) is 6. The number of nitrogens with two attached hydrogens (primary N) is 1. The maximum atomic E-state index is 14.0. The quantitative estimate of drug-likeness (QED) is 0.533. The highest BCUT2D eigenvalue weighted by Gasteiger charge is 2.56. The van der Waals surface area contributed by atoms with Crippen LogP contribution < -0.4 is 16.0 Å². The molecule has 4 rings (SSSR count). The molecule has 10 nitrogen and oxygen atoms in total. The third kappa shape index (κ3) is 5.50. The van der Waals surface area contributed by atoms with E-state index in [-0.39, 0.29) is 12.2 Å². The fourth-order valence-corrected chi connectivity index (χ4v) is 5.45. The zero-order chi connectivity index (χ0) is 26.9. The number of carbonyl (C=O) groups is 2. The number of likely N-dealkylation sites (tertiary alicyclic amines) is 1. The van der Waals surface area contributed by atoms with Crippen molar-refractivity contribution in [3.05, 3.63) is 36.2 Å². The summed E-state index contributed by atoms with van der Waals surface area (Å²) in [4.78, 5) is 32.8. The second kappa shape index (κ2) is 10.6. The average molecular weight is 524 g/mol. The van der Waals surface area contributed by atoms with Gasteiger partial charge in [0, 0.05) is 32.3 Å². The Labute approximate surface area is 212 Å². The molecule has 1 saturated heterocycles. The van der Waals surface area contributed by atoms with Gasteiger partial charge in [-0.15, -0.1) is 0 Å². The number of urea groups is 1. The van der Waals surface area contributed by atoms with E-state index in [4.69, 9.17) is 5.73 Å². The van der Waals surface area contributed by atoms with E-state index in [1.165, 1.54) is 29.0 Å². The highest BCUT2D eigenvalue weighted by Crippen LogP contribution is 2.38. The molecule has 1 unspecified atom stereocenters. The Morgan fingerprint density at radius 2 is 1.95 bits per heavy atom. The Balaban J connectivity index is 1.60. The molecule has 37 heavy (non-hydrogen) atoms. The van der Waals surface area contributed by atoms with Crippen LogP contribution >= 0.6 is 0 Å². The highest BCUT2D eigenvalue weighted by atomic mass is 19.4. The van der Waals surface area contributed by atoms with Gasteiger partial charge in [0.2, 0.25) is 0 Å². The molecule has 1 aliphatic carbocycles. The smallest absolute Gasteiger partial charge is 0.384 e. The van der Waals surface area contributed by atoms with Gasteiger partial charge < -0.3 is 16.2 Å². The molecule has 2 aromatic rings. The van der Waals surface area contributed by atoms with Gasteiger partial charge in [-0.25, -0.2) is 9.78 Å². The summed E-state index contributed by atoms with van der Waals surface area (Å²) in [6.45, 7) is 0. The fraction of sp³-hybridized carbons (Fsp3) is 0.583. The second-order valence-corrected chi connectivity index (χ2v) is 9.80. The number of nitrogens with one attached hydrogen (secondary N) is 1. The van der Waals surface area contributed by atoms with Gasteiger partial charge >= 0.3 is 12.2 Å². The van der Waals surface area contributed by atoms with Crippen molar-refractivity contribution >= 4 is 23.6 Å². The first-order chi connectivity index (χ1) is 17.5. The third-order valence-corrected chi connectivity index (χ3v) is 7.40. The molecule has 0 spiro atoms. The molecule has 3 amide bonds.